The van der Waals surface area contributed by atoms with E-state index in [2.05, 4.69) is 36.1 Å². The summed E-state index contributed by atoms with van der Waals surface area (Å²) in [6.07, 6.45) is 1.66. The Morgan fingerprint density at radius 2 is 2.05 bits per heavy atom. The van der Waals surface area contributed by atoms with Crippen LogP contribution >= 0.6 is 15.9 Å². The molecule has 2 aromatic heterocycles. The normalized spacial score (nSPS) is 11.3. The van der Waals surface area contributed by atoms with Gasteiger partial charge in [0.05, 0.1) is 11.2 Å². The summed E-state index contributed by atoms with van der Waals surface area (Å²) >= 11 is 3.32. The lowest BCUT2D eigenvalue weighted by atomic mass is 10.2. The Morgan fingerprint density at radius 3 is 2.86 bits per heavy atom. The fraction of sp³-hybridized carbons (Fsp3) is 0.0667. The first kappa shape index (κ1) is 13.8. The Bertz CT molecular complexity index is 805. The molecule has 0 saturated heterocycles. The zero-order valence-corrected chi connectivity index (χ0v) is 12.5. The summed E-state index contributed by atoms with van der Waals surface area (Å²) < 4.78 is 13.9. The van der Waals surface area contributed by atoms with Gasteiger partial charge in [0, 0.05) is 16.1 Å². The van der Waals surface area contributed by atoms with E-state index >= 15 is 0 Å². The quantitative estimate of drug-likeness (QED) is 0.639. The van der Waals surface area contributed by atoms with Gasteiger partial charge < -0.3 is 0 Å². The van der Waals surface area contributed by atoms with E-state index in [4.69, 9.17) is 0 Å². The molecule has 0 unspecified atom stereocenters. The third-order valence-electron chi connectivity index (χ3n) is 2.82. The highest BCUT2D eigenvalue weighted by atomic mass is 79.9. The molecule has 0 aliphatic carbocycles. The first-order chi connectivity index (χ1) is 10.2. The third kappa shape index (κ3) is 3.28. The van der Waals surface area contributed by atoms with Crippen molar-refractivity contribution in [2.75, 3.05) is 0 Å². The fourth-order valence-corrected chi connectivity index (χ4v) is 2.42. The maximum absolute atomic E-state index is 13.3. The van der Waals surface area contributed by atoms with Gasteiger partial charge in [0.15, 0.2) is 5.82 Å². The van der Waals surface area contributed by atoms with Crippen LogP contribution in [0, 0.1) is 5.82 Å². The van der Waals surface area contributed by atoms with Gasteiger partial charge in [-0.2, -0.15) is 5.11 Å². The molecule has 0 fully saturated rings. The molecule has 3 aromatic rings. The van der Waals surface area contributed by atoms with Crippen molar-refractivity contribution < 1.29 is 4.39 Å². The number of nitrogens with zero attached hydrogens (tertiary/aromatic N) is 4. The van der Waals surface area contributed by atoms with E-state index in [0.29, 0.717) is 22.4 Å². The average molecular weight is 345 g/mol. The van der Waals surface area contributed by atoms with Crippen LogP contribution in [0.2, 0.25) is 0 Å². The van der Waals surface area contributed by atoms with Crippen molar-refractivity contribution in [3.63, 3.8) is 0 Å². The maximum Gasteiger partial charge on any atom is 0.173 e. The van der Waals surface area contributed by atoms with Crippen molar-refractivity contribution in [3.8, 4) is 0 Å². The Morgan fingerprint density at radius 1 is 1.14 bits per heavy atom. The first-order valence-corrected chi connectivity index (χ1v) is 7.05. The summed E-state index contributed by atoms with van der Waals surface area (Å²) in [6, 6.07) is 11.9. The van der Waals surface area contributed by atoms with Crippen molar-refractivity contribution in [2.45, 2.75) is 6.54 Å². The maximum atomic E-state index is 13.3. The Hall–Kier alpha value is -2.21. The lowest BCUT2D eigenvalue weighted by molar-refractivity contribution is 0.629. The third-order valence-corrected chi connectivity index (χ3v) is 3.43. The second-order valence-electron chi connectivity index (χ2n) is 4.35. The van der Waals surface area contributed by atoms with Gasteiger partial charge in [0.1, 0.15) is 12.4 Å². The molecule has 0 amide bonds. The van der Waals surface area contributed by atoms with Gasteiger partial charge >= 0.3 is 0 Å². The molecular formula is C15H10BrFN4. The minimum absolute atomic E-state index is 0.293. The molecule has 0 atom stereocenters. The van der Waals surface area contributed by atoms with Crippen LogP contribution in [-0.2, 0) is 6.54 Å². The lowest BCUT2D eigenvalue weighted by Crippen LogP contribution is -1.90. The molecule has 2 heterocycles. The van der Waals surface area contributed by atoms with E-state index in [1.54, 1.807) is 12.3 Å². The molecule has 0 saturated carbocycles. The van der Waals surface area contributed by atoms with E-state index in [0.717, 1.165) is 11.1 Å². The Kier molecular flexibility index (Phi) is 3.96. The molecule has 0 bridgehead atoms. The van der Waals surface area contributed by atoms with E-state index in [1.807, 2.05) is 24.3 Å². The zero-order chi connectivity index (χ0) is 14.7. The molecule has 4 nitrogen and oxygen atoms in total. The lowest BCUT2D eigenvalue weighted by Gasteiger charge is -2.02. The molecule has 0 radical (unpaired) electrons. The zero-order valence-electron chi connectivity index (χ0n) is 10.9. The molecule has 104 valence electrons. The number of halogens is 2. The number of fused-ring (bicyclic) bond motifs is 1. The second kappa shape index (κ2) is 6.05. The van der Waals surface area contributed by atoms with E-state index in [1.165, 1.54) is 12.1 Å². The number of aromatic nitrogens is 2. The SMILES string of the molecule is Fc1cc(Br)c2nc(CN=Nc3ccccn3)ccc2c1. The summed E-state index contributed by atoms with van der Waals surface area (Å²) in [5.41, 5.74) is 1.47. The Labute approximate surface area is 128 Å². The number of benzene rings is 1. The van der Waals surface area contributed by atoms with E-state index in [-0.39, 0.29) is 5.82 Å². The van der Waals surface area contributed by atoms with Crippen molar-refractivity contribution in [1.29, 1.82) is 0 Å². The van der Waals surface area contributed by atoms with E-state index < -0.39 is 0 Å². The van der Waals surface area contributed by atoms with Crippen molar-refractivity contribution in [1.82, 2.24) is 9.97 Å². The monoisotopic (exact) mass is 344 g/mol. The van der Waals surface area contributed by atoms with E-state index in [9.17, 15) is 4.39 Å². The van der Waals surface area contributed by atoms with Crippen LogP contribution in [0.1, 0.15) is 5.69 Å². The van der Waals surface area contributed by atoms with Crippen molar-refractivity contribution in [2.24, 2.45) is 10.2 Å². The predicted octanol–water partition coefficient (Wildman–Crippen LogP) is 4.82. The van der Waals surface area contributed by atoms with Crippen LogP contribution in [0.4, 0.5) is 10.2 Å². The standard InChI is InChI=1S/C15H10BrFN4/c16-13-8-11(17)7-10-4-5-12(20-15(10)13)9-19-21-14-3-1-2-6-18-14/h1-8H,9H2. The molecule has 0 N–H and O–H groups in total. The van der Waals surface area contributed by atoms with Gasteiger partial charge in [-0.3, -0.25) is 0 Å². The minimum atomic E-state index is -0.293. The Balaban J connectivity index is 1.83. The average Bonchev–Trinajstić information content (AvgIpc) is 2.49. The van der Waals surface area contributed by atoms with Crippen LogP contribution < -0.4 is 0 Å². The number of hydrogen-bond acceptors (Lipinski definition) is 4. The summed E-state index contributed by atoms with van der Waals surface area (Å²) in [6.45, 7) is 0.344. The number of pyridine rings is 2. The first-order valence-electron chi connectivity index (χ1n) is 6.25. The van der Waals surface area contributed by atoms with Gasteiger partial charge in [-0.15, -0.1) is 5.11 Å². The van der Waals surface area contributed by atoms with Crippen LogP contribution in [0.3, 0.4) is 0 Å². The van der Waals surface area contributed by atoms with Crippen LogP contribution in [-0.4, -0.2) is 9.97 Å². The van der Waals surface area contributed by atoms with Gasteiger partial charge in [0.25, 0.3) is 0 Å². The van der Waals surface area contributed by atoms with Crippen molar-refractivity contribution in [3.05, 3.63) is 64.6 Å². The summed E-state index contributed by atoms with van der Waals surface area (Å²) in [5.74, 6) is 0.264. The summed E-state index contributed by atoms with van der Waals surface area (Å²) in [5, 5.41) is 8.84. The molecular weight excluding hydrogens is 335 g/mol. The van der Waals surface area contributed by atoms with Gasteiger partial charge in [0.2, 0.25) is 0 Å². The number of rotatable bonds is 3. The fourth-order valence-electron chi connectivity index (χ4n) is 1.88. The predicted molar refractivity (Wildman–Crippen MR) is 81.9 cm³/mol. The molecule has 0 aliphatic heterocycles. The topological polar surface area (TPSA) is 50.5 Å². The molecule has 1 aromatic carbocycles. The largest absolute Gasteiger partial charge is 0.250 e. The smallest absolute Gasteiger partial charge is 0.173 e. The highest BCUT2D eigenvalue weighted by molar-refractivity contribution is 9.10. The molecule has 0 aliphatic rings. The highest BCUT2D eigenvalue weighted by Gasteiger charge is 2.04. The van der Waals surface area contributed by atoms with Gasteiger partial charge in [-0.25, -0.2) is 14.4 Å². The van der Waals surface area contributed by atoms with Crippen molar-refractivity contribution >= 4 is 32.7 Å². The summed E-state index contributed by atoms with van der Waals surface area (Å²) in [7, 11) is 0. The highest BCUT2D eigenvalue weighted by Crippen LogP contribution is 2.24. The number of azo groups is 1. The second-order valence-corrected chi connectivity index (χ2v) is 5.20. The van der Waals surface area contributed by atoms with Gasteiger partial charge in [-0.05, 0) is 46.3 Å². The van der Waals surface area contributed by atoms with Crippen LogP contribution in [0.15, 0.2) is 63.4 Å². The number of hydrogen-bond donors (Lipinski definition) is 0. The van der Waals surface area contributed by atoms with Crippen LogP contribution in [0.25, 0.3) is 10.9 Å². The van der Waals surface area contributed by atoms with Crippen LogP contribution in [0.5, 0.6) is 0 Å². The molecule has 0 spiro atoms. The molecule has 6 heteroatoms. The summed E-state index contributed by atoms with van der Waals surface area (Å²) in [4.78, 5) is 8.51. The minimum Gasteiger partial charge on any atom is -0.250 e. The molecule has 21 heavy (non-hydrogen) atoms. The molecule has 3 rings (SSSR count). The van der Waals surface area contributed by atoms with Gasteiger partial charge in [-0.1, -0.05) is 12.1 Å².